The van der Waals surface area contributed by atoms with Gasteiger partial charge in [0.1, 0.15) is 5.75 Å². The molecule has 1 aliphatic heterocycles. The van der Waals surface area contributed by atoms with Gasteiger partial charge in [0.05, 0.1) is 18.3 Å². The fourth-order valence-electron chi connectivity index (χ4n) is 4.31. The molecule has 0 bridgehead atoms. The van der Waals surface area contributed by atoms with Crippen LogP contribution in [-0.2, 0) is 4.74 Å². The Kier molecular flexibility index (Phi) is 5.97. The van der Waals surface area contributed by atoms with Crippen molar-refractivity contribution >= 4 is 5.91 Å². The molecular weight excluding hydrogens is 316 g/mol. The van der Waals surface area contributed by atoms with Crippen molar-refractivity contribution in [3.63, 3.8) is 0 Å². The van der Waals surface area contributed by atoms with Gasteiger partial charge in [0.25, 0.3) is 5.91 Å². The van der Waals surface area contributed by atoms with E-state index < -0.39 is 0 Å². The van der Waals surface area contributed by atoms with Crippen molar-refractivity contribution in [2.24, 2.45) is 0 Å². The van der Waals surface area contributed by atoms with Crippen molar-refractivity contribution in [1.29, 1.82) is 0 Å². The van der Waals surface area contributed by atoms with Crippen LogP contribution in [0.1, 0.15) is 43.0 Å². The highest BCUT2D eigenvalue weighted by atomic mass is 16.5. The van der Waals surface area contributed by atoms with Crippen molar-refractivity contribution in [2.75, 3.05) is 33.9 Å². The van der Waals surface area contributed by atoms with E-state index in [9.17, 15) is 4.79 Å². The van der Waals surface area contributed by atoms with Crippen molar-refractivity contribution in [3.8, 4) is 5.75 Å². The number of carbonyl (C=O) groups excluding carboxylic acids is 1. The van der Waals surface area contributed by atoms with Gasteiger partial charge in [-0.25, -0.2) is 0 Å². The molecule has 0 radical (unpaired) electrons. The van der Waals surface area contributed by atoms with Crippen molar-refractivity contribution in [3.05, 3.63) is 29.8 Å². The van der Waals surface area contributed by atoms with Gasteiger partial charge in [-0.2, -0.15) is 0 Å². The Morgan fingerprint density at radius 2 is 2.08 bits per heavy atom. The Morgan fingerprint density at radius 3 is 2.80 bits per heavy atom. The third-order valence-corrected chi connectivity index (χ3v) is 5.66. The highest BCUT2D eigenvalue weighted by Gasteiger charge is 2.39. The van der Waals surface area contributed by atoms with E-state index in [1.807, 2.05) is 43.1 Å². The highest BCUT2D eigenvalue weighted by Crippen LogP contribution is 2.32. The van der Waals surface area contributed by atoms with Crippen LogP contribution in [0.5, 0.6) is 5.75 Å². The zero-order valence-corrected chi connectivity index (χ0v) is 15.6. The molecule has 1 amide bonds. The predicted octanol–water partition coefficient (Wildman–Crippen LogP) is 2.80. The van der Waals surface area contributed by atoms with Gasteiger partial charge in [0.15, 0.2) is 0 Å². The number of para-hydroxylation sites is 1. The van der Waals surface area contributed by atoms with Crippen LogP contribution in [-0.4, -0.2) is 67.7 Å². The standard InChI is InChI=1S/C20H30N2O3/c1-4-25-19-11-6-5-8-16(19)20(23)21(2)17-9-7-10-18(17)22-13-12-15(14-22)24-3/h5-6,8,11,15,17-18H,4,7,9-10,12-14H2,1-3H3/t15?,17-,18+/m1/s1. The quantitative estimate of drug-likeness (QED) is 0.794. The first kappa shape index (κ1) is 18.2. The van der Waals surface area contributed by atoms with E-state index in [-0.39, 0.29) is 11.9 Å². The minimum Gasteiger partial charge on any atom is -0.493 e. The molecule has 5 nitrogen and oxygen atoms in total. The van der Waals surface area contributed by atoms with E-state index in [0.717, 1.165) is 32.4 Å². The lowest BCUT2D eigenvalue weighted by Crippen LogP contribution is -2.49. The number of benzene rings is 1. The first-order chi connectivity index (χ1) is 12.2. The van der Waals surface area contributed by atoms with Gasteiger partial charge in [0.2, 0.25) is 0 Å². The van der Waals surface area contributed by atoms with Gasteiger partial charge in [-0.05, 0) is 44.7 Å². The molecule has 0 spiro atoms. The minimum absolute atomic E-state index is 0.0587. The van der Waals surface area contributed by atoms with E-state index in [0.29, 0.717) is 30.1 Å². The lowest BCUT2D eigenvalue weighted by atomic mass is 10.1. The normalized spacial score (nSPS) is 26.8. The average Bonchev–Trinajstić information content (AvgIpc) is 3.30. The lowest BCUT2D eigenvalue weighted by molar-refractivity contribution is 0.0602. The van der Waals surface area contributed by atoms with Gasteiger partial charge in [-0.1, -0.05) is 12.1 Å². The maximum Gasteiger partial charge on any atom is 0.257 e. The Morgan fingerprint density at radius 1 is 1.28 bits per heavy atom. The number of hydrogen-bond acceptors (Lipinski definition) is 4. The monoisotopic (exact) mass is 346 g/mol. The van der Waals surface area contributed by atoms with Crippen molar-refractivity contribution in [1.82, 2.24) is 9.80 Å². The lowest BCUT2D eigenvalue weighted by Gasteiger charge is -2.35. The van der Waals surface area contributed by atoms with Gasteiger partial charge in [0, 0.05) is 39.3 Å². The second kappa shape index (κ2) is 8.19. The fourth-order valence-corrected chi connectivity index (χ4v) is 4.31. The molecule has 25 heavy (non-hydrogen) atoms. The second-order valence-electron chi connectivity index (χ2n) is 7.05. The van der Waals surface area contributed by atoms with Crippen LogP contribution in [0.2, 0.25) is 0 Å². The number of ether oxygens (including phenoxy) is 2. The third-order valence-electron chi connectivity index (χ3n) is 5.66. The number of nitrogens with zero attached hydrogens (tertiary/aromatic N) is 2. The van der Waals surface area contributed by atoms with Gasteiger partial charge in [-0.15, -0.1) is 0 Å². The SMILES string of the molecule is CCOc1ccccc1C(=O)N(C)[C@@H]1CCC[C@@H]1N1CCC(OC)C1. The van der Waals surface area contributed by atoms with Crippen molar-refractivity contribution in [2.45, 2.75) is 50.8 Å². The molecule has 2 fully saturated rings. The summed E-state index contributed by atoms with van der Waals surface area (Å²) < 4.78 is 11.2. The van der Waals surface area contributed by atoms with E-state index in [4.69, 9.17) is 9.47 Å². The molecule has 5 heteroatoms. The average molecular weight is 346 g/mol. The maximum atomic E-state index is 13.1. The van der Waals surface area contributed by atoms with Crippen LogP contribution in [0.4, 0.5) is 0 Å². The number of methoxy groups -OCH3 is 1. The van der Waals surface area contributed by atoms with Crippen LogP contribution in [0.3, 0.4) is 0 Å². The van der Waals surface area contributed by atoms with Crippen LogP contribution in [0, 0.1) is 0 Å². The molecule has 0 aromatic heterocycles. The molecule has 138 valence electrons. The molecule has 3 rings (SSSR count). The molecule has 1 unspecified atom stereocenters. The van der Waals surface area contributed by atoms with E-state index in [2.05, 4.69) is 4.90 Å². The summed E-state index contributed by atoms with van der Waals surface area (Å²) in [4.78, 5) is 17.6. The topological polar surface area (TPSA) is 42.0 Å². The zero-order valence-electron chi connectivity index (χ0n) is 15.6. The predicted molar refractivity (Wildman–Crippen MR) is 98.1 cm³/mol. The molecule has 1 heterocycles. The number of carbonyl (C=O) groups is 1. The fraction of sp³-hybridized carbons (Fsp3) is 0.650. The maximum absolute atomic E-state index is 13.1. The summed E-state index contributed by atoms with van der Waals surface area (Å²) in [5.74, 6) is 0.737. The van der Waals surface area contributed by atoms with Gasteiger partial charge >= 0.3 is 0 Å². The molecule has 0 N–H and O–H groups in total. The molecule has 1 saturated heterocycles. The number of likely N-dealkylation sites (N-methyl/N-ethyl adjacent to an activating group) is 1. The Bertz CT molecular complexity index is 592. The largest absolute Gasteiger partial charge is 0.493 e. The first-order valence-corrected chi connectivity index (χ1v) is 9.41. The number of hydrogen-bond donors (Lipinski definition) is 0. The Balaban J connectivity index is 1.73. The summed E-state index contributed by atoms with van der Waals surface area (Å²) in [6, 6.07) is 8.26. The van der Waals surface area contributed by atoms with Crippen LogP contribution in [0.15, 0.2) is 24.3 Å². The van der Waals surface area contributed by atoms with Crippen LogP contribution >= 0.6 is 0 Å². The van der Waals surface area contributed by atoms with Crippen molar-refractivity contribution < 1.29 is 14.3 Å². The highest BCUT2D eigenvalue weighted by molar-refractivity contribution is 5.97. The van der Waals surface area contributed by atoms with E-state index >= 15 is 0 Å². The molecule has 1 aromatic rings. The van der Waals surface area contributed by atoms with Crippen LogP contribution in [0.25, 0.3) is 0 Å². The summed E-state index contributed by atoms with van der Waals surface area (Å²) in [7, 11) is 3.73. The van der Waals surface area contributed by atoms with E-state index in [1.165, 1.54) is 6.42 Å². The molecule has 1 aromatic carbocycles. The minimum atomic E-state index is 0.0587. The molecule has 2 aliphatic rings. The zero-order chi connectivity index (χ0) is 17.8. The van der Waals surface area contributed by atoms with Gasteiger partial charge < -0.3 is 14.4 Å². The summed E-state index contributed by atoms with van der Waals surface area (Å²) in [6.07, 6.45) is 4.82. The summed E-state index contributed by atoms with van der Waals surface area (Å²) >= 11 is 0. The van der Waals surface area contributed by atoms with Gasteiger partial charge in [-0.3, -0.25) is 9.69 Å². The molecular formula is C20H30N2O3. The molecule has 1 aliphatic carbocycles. The summed E-state index contributed by atoms with van der Waals surface area (Å²) in [5, 5.41) is 0. The number of rotatable bonds is 6. The summed E-state index contributed by atoms with van der Waals surface area (Å²) in [6.45, 7) is 4.55. The Labute approximate surface area is 150 Å². The third kappa shape index (κ3) is 3.82. The summed E-state index contributed by atoms with van der Waals surface area (Å²) in [5.41, 5.74) is 0.661. The molecule has 3 atom stereocenters. The van der Waals surface area contributed by atoms with Crippen LogP contribution < -0.4 is 4.74 Å². The number of amides is 1. The number of likely N-dealkylation sites (tertiary alicyclic amines) is 1. The smallest absolute Gasteiger partial charge is 0.257 e. The second-order valence-corrected chi connectivity index (χ2v) is 7.05. The first-order valence-electron chi connectivity index (χ1n) is 9.41. The Hall–Kier alpha value is -1.59. The molecule has 1 saturated carbocycles. The van der Waals surface area contributed by atoms with E-state index in [1.54, 1.807) is 7.11 Å².